The summed E-state index contributed by atoms with van der Waals surface area (Å²) < 4.78 is 2.46. The van der Waals surface area contributed by atoms with Crippen LogP contribution < -0.4 is 10.4 Å². The highest BCUT2D eigenvalue weighted by Crippen LogP contribution is 2.31. The van der Waals surface area contributed by atoms with Crippen molar-refractivity contribution >= 4 is 29.0 Å². The molecule has 0 amide bonds. The van der Waals surface area contributed by atoms with Crippen LogP contribution in [-0.4, -0.2) is 25.2 Å². The highest BCUT2D eigenvalue weighted by atomic mass is 35.6. The fourth-order valence-electron chi connectivity index (χ4n) is 3.16. The molecule has 0 aliphatic carbocycles. The van der Waals surface area contributed by atoms with Crippen LogP contribution in [-0.2, 0) is 0 Å². The zero-order valence-electron chi connectivity index (χ0n) is 11.4. The molecule has 3 heteroatoms. The van der Waals surface area contributed by atoms with Crippen molar-refractivity contribution in [1.82, 2.24) is 4.57 Å². The monoisotopic (exact) mass is 287 g/mol. The van der Waals surface area contributed by atoms with Gasteiger partial charge in [-0.25, -0.2) is 0 Å². The molecular weight excluding hydrogens is 270 g/mol. The first-order valence-corrected chi connectivity index (χ1v) is 9.82. The van der Waals surface area contributed by atoms with E-state index >= 15 is 0 Å². The van der Waals surface area contributed by atoms with Crippen LogP contribution in [0.5, 0.6) is 0 Å². The molecule has 1 aliphatic heterocycles. The predicted octanol–water partition coefficient (Wildman–Crippen LogP) is 2.80. The molecule has 1 heterocycles. The average molecular weight is 288 g/mol. The smallest absolute Gasteiger partial charge is 0.293 e. The molecule has 3 rings (SSSR count). The third kappa shape index (κ3) is 1.71. The molecule has 0 unspecified atom stereocenters. The summed E-state index contributed by atoms with van der Waals surface area (Å²) in [5.41, 5.74) is 2.65. The first-order valence-electron chi connectivity index (χ1n) is 6.86. The van der Waals surface area contributed by atoms with Gasteiger partial charge < -0.3 is 4.57 Å². The third-order valence-corrected chi connectivity index (χ3v) is 9.80. The maximum Gasteiger partial charge on any atom is 0.293 e. The molecule has 0 spiro atoms. The number of benzene rings is 2. The Morgan fingerprint density at radius 3 is 1.68 bits per heavy atom. The molecule has 0 N–H and O–H groups in total. The van der Waals surface area contributed by atoms with Gasteiger partial charge in [0.15, 0.2) is 0 Å². The molecular formula is C16H18ClNSi. The van der Waals surface area contributed by atoms with Gasteiger partial charge in [0.2, 0.25) is 0 Å². The van der Waals surface area contributed by atoms with Crippen molar-refractivity contribution in [2.24, 2.45) is 0 Å². The van der Waals surface area contributed by atoms with E-state index in [1.165, 1.54) is 21.5 Å². The van der Waals surface area contributed by atoms with Crippen LogP contribution in [0.3, 0.4) is 0 Å². The molecule has 0 saturated carbocycles. The number of rotatable bonds is 3. The minimum atomic E-state index is -2.25. The van der Waals surface area contributed by atoms with Crippen molar-refractivity contribution in [3.8, 4) is 11.1 Å². The number of halogens is 1. The molecule has 2 aromatic carbocycles. The lowest BCUT2D eigenvalue weighted by Crippen LogP contribution is -2.64. The summed E-state index contributed by atoms with van der Waals surface area (Å²) in [6.45, 7) is 6.39. The van der Waals surface area contributed by atoms with Crippen LogP contribution >= 0.6 is 11.1 Å². The molecule has 19 heavy (non-hydrogen) atoms. The fourth-order valence-corrected chi connectivity index (χ4v) is 8.49. The topological polar surface area (TPSA) is 3.24 Å². The Hall–Kier alpha value is -1.09. The third-order valence-electron chi connectivity index (χ3n) is 4.06. The highest BCUT2D eigenvalue weighted by Gasteiger charge is 2.48. The van der Waals surface area contributed by atoms with Gasteiger partial charge in [0.05, 0.1) is 0 Å². The standard InChI is InChI=1S/C16H18ClNSi/c1-3-18(4-2)19(17)15-11-7-5-9-13(15)14-10-6-8-12-16(14)19/h5-12H,3-4H2,1-2H3. The van der Waals surface area contributed by atoms with E-state index in [9.17, 15) is 0 Å². The molecule has 0 fully saturated rings. The zero-order valence-corrected chi connectivity index (χ0v) is 13.1. The lowest BCUT2D eigenvalue weighted by atomic mass is 10.1. The summed E-state index contributed by atoms with van der Waals surface area (Å²) in [6.07, 6.45) is 0. The Balaban J connectivity index is 2.31. The van der Waals surface area contributed by atoms with Crippen LogP contribution in [0.4, 0.5) is 0 Å². The van der Waals surface area contributed by atoms with E-state index in [0.29, 0.717) is 0 Å². The van der Waals surface area contributed by atoms with Gasteiger partial charge in [-0.3, -0.25) is 0 Å². The van der Waals surface area contributed by atoms with E-state index in [0.717, 1.165) is 13.1 Å². The SMILES string of the molecule is CCN(CC)[Si]1(Cl)c2ccccc2-c2ccccc21. The summed E-state index contributed by atoms with van der Waals surface area (Å²) >= 11 is 7.26. The number of fused-ring (bicyclic) bond motifs is 3. The van der Waals surface area contributed by atoms with E-state index in [-0.39, 0.29) is 0 Å². The Bertz CT molecular complexity index is 562. The van der Waals surface area contributed by atoms with Crippen molar-refractivity contribution < 1.29 is 0 Å². The molecule has 0 radical (unpaired) electrons. The summed E-state index contributed by atoms with van der Waals surface area (Å²) in [5, 5.41) is 2.70. The molecule has 0 atom stereocenters. The van der Waals surface area contributed by atoms with Crippen LogP contribution in [0, 0.1) is 0 Å². The van der Waals surface area contributed by atoms with E-state index in [1.807, 2.05) is 0 Å². The zero-order chi connectivity index (χ0) is 13.5. The summed E-state index contributed by atoms with van der Waals surface area (Å²) in [5.74, 6) is 0. The van der Waals surface area contributed by atoms with E-state index < -0.39 is 7.55 Å². The van der Waals surface area contributed by atoms with Crippen LogP contribution in [0.25, 0.3) is 11.1 Å². The highest BCUT2D eigenvalue weighted by molar-refractivity contribution is 7.34. The first kappa shape index (κ1) is 12.9. The van der Waals surface area contributed by atoms with Crippen LogP contribution in [0.1, 0.15) is 13.8 Å². The summed E-state index contributed by atoms with van der Waals surface area (Å²) in [4.78, 5) is 0. The Morgan fingerprint density at radius 1 is 0.842 bits per heavy atom. The van der Waals surface area contributed by atoms with E-state index in [4.69, 9.17) is 11.1 Å². The fraction of sp³-hybridized carbons (Fsp3) is 0.250. The predicted molar refractivity (Wildman–Crippen MR) is 85.7 cm³/mol. The van der Waals surface area contributed by atoms with Crippen LogP contribution in [0.15, 0.2) is 48.5 Å². The minimum absolute atomic E-state index is 0.995. The maximum absolute atomic E-state index is 7.26. The molecule has 1 nitrogen and oxygen atoms in total. The van der Waals surface area contributed by atoms with Crippen molar-refractivity contribution in [2.45, 2.75) is 13.8 Å². The lowest BCUT2D eigenvalue weighted by Gasteiger charge is -2.34. The van der Waals surface area contributed by atoms with Gasteiger partial charge in [-0.2, -0.15) is 0 Å². The van der Waals surface area contributed by atoms with Crippen molar-refractivity contribution in [3.63, 3.8) is 0 Å². The van der Waals surface area contributed by atoms with Gasteiger partial charge >= 0.3 is 0 Å². The van der Waals surface area contributed by atoms with Crippen LogP contribution in [0.2, 0.25) is 0 Å². The first-order chi connectivity index (χ1) is 9.23. The van der Waals surface area contributed by atoms with Gasteiger partial charge in [-0.15, -0.1) is 11.1 Å². The second-order valence-corrected chi connectivity index (χ2v) is 9.48. The summed E-state index contributed by atoms with van der Waals surface area (Å²) in [6, 6.07) is 17.3. The second-order valence-electron chi connectivity index (χ2n) is 4.89. The lowest BCUT2D eigenvalue weighted by molar-refractivity contribution is 0.486. The normalized spacial score (nSPS) is 15.4. The minimum Gasteiger partial charge on any atom is -0.305 e. The summed E-state index contributed by atoms with van der Waals surface area (Å²) in [7, 11) is -2.25. The molecule has 0 bridgehead atoms. The molecule has 0 saturated heterocycles. The van der Waals surface area contributed by atoms with Gasteiger partial charge in [-0.1, -0.05) is 62.4 Å². The van der Waals surface area contributed by atoms with E-state index in [2.05, 4.69) is 66.9 Å². The quantitative estimate of drug-likeness (QED) is 0.620. The molecule has 1 aliphatic rings. The maximum atomic E-state index is 7.26. The Morgan fingerprint density at radius 2 is 1.26 bits per heavy atom. The molecule has 0 aromatic heterocycles. The van der Waals surface area contributed by atoms with E-state index in [1.54, 1.807) is 0 Å². The number of hydrogen-bond donors (Lipinski definition) is 0. The Labute approximate surface area is 120 Å². The van der Waals surface area contributed by atoms with Gasteiger partial charge in [0.1, 0.15) is 0 Å². The van der Waals surface area contributed by atoms with Crippen molar-refractivity contribution in [3.05, 3.63) is 48.5 Å². The number of hydrogen-bond acceptors (Lipinski definition) is 1. The average Bonchev–Trinajstić information content (AvgIpc) is 2.72. The number of nitrogens with zero attached hydrogens (tertiary/aromatic N) is 1. The van der Waals surface area contributed by atoms with Crippen molar-refractivity contribution in [1.29, 1.82) is 0 Å². The van der Waals surface area contributed by atoms with Crippen molar-refractivity contribution in [2.75, 3.05) is 13.1 Å². The largest absolute Gasteiger partial charge is 0.305 e. The Kier molecular flexibility index (Phi) is 3.25. The van der Waals surface area contributed by atoms with Gasteiger partial charge in [-0.05, 0) is 34.6 Å². The second kappa shape index (κ2) is 4.78. The van der Waals surface area contributed by atoms with Gasteiger partial charge in [0, 0.05) is 0 Å². The van der Waals surface area contributed by atoms with Gasteiger partial charge in [0.25, 0.3) is 7.55 Å². The molecule has 2 aromatic rings. The molecule has 98 valence electrons.